The molecule has 1 aromatic rings. The number of aryl methyl sites for hydroxylation is 1. The molecule has 2 nitrogen and oxygen atoms in total. The summed E-state index contributed by atoms with van der Waals surface area (Å²) in [6, 6.07) is 4.78. The summed E-state index contributed by atoms with van der Waals surface area (Å²) in [4.78, 5) is 11.0. The molecule has 1 aromatic carbocycles. The molecular weight excluding hydrogens is 207 g/mol. The monoisotopic (exact) mass is 224 g/mol. The first-order chi connectivity index (χ1) is 7.54. The van der Waals surface area contributed by atoms with E-state index >= 15 is 0 Å². The Hall–Kier alpha value is -1.38. The van der Waals surface area contributed by atoms with Crippen molar-refractivity contribution in [2.75, 3.05) is 0 Å². The Kier molecular flexibility index (Phi) is 4.47. The second-order valence-electron chi connectivity index (χ2n) is 4.11. The van der Waals surface area contributed by atoms with E-state index in [1.807, 2.05) is 6.92 Å². The minimum Gasteiger partial charge on any atom is -0.481 e. The minimum atomic E-state index is -0.774. The number of halogens is 1. The van der Waals surface area contributed by atoms with Gasteiger partial charge in [-0.2, -0.15) is 0 Å². The number of carboxylic acids is 1. The number of rotatable bonds is 5. The Balaban J connectivity index is 2.77. The predicted molar refractivity (Wildman–Crippen MR) is 60.9 cm³/mol. The quantitative estimate of drug-likeness (QED) is 0.834. The van der Waals surface area contributed by atoms with Crippen molar-refractivity contribution < 1.29 is 14.3 Å². The molecule has 0 amide bonds. The maximum absolute atomic E-state index is 13.0. The highest BCUT2D eigenvalue weighted by Gasteiger charge is 2.17. The van der Waals surface area contributed by atoms with Gasteiger partial charge in [-0.05, 0) is 37.0 Å². The van der Waals surface area contributed by atoms with Crippen LogP contribution in [0.1, 0.15) is 30.9 Å². The molecule has 0 heterocycles. The number of hydrogen-bond acceptors (Lipinski definition) is 1. The Morgan fingerprint density at radius 3 is 2.69 bits per heavy atom. The molecule has 0 radical (unpaired) electrons. The molecule has 88 valence electrons. The third kappa shape index (κ3) is 3.33. The maximum Gasteiger partial charge on any atom is 0.306 e. The largest absolute Gasteiger partial charge is 0.481 e. The van der Waals surface area contributed by atoms with Crippen LogP contribution in [0.3, 0.4) is 0 Å². The lowest BCUT2D eigenvalue weighted by Crippen LogP contribution is -2.16. The fourth-order valence-electron chi connectivity index (χ4n) is 1.78. The van der Waals surface area contributed by atoms with Crippen molar-refractivity contribution >= 4 is 5.97 Å². The summed E-state index contributed by atoms with van der Waals surface area (Å²) in [6.45, 7) is 3.65. The zero-order chi connectivity index (χ0) is 12.1. The summed E-state index contributed by atoms with van der Waals surface area (Å²) in [5.74, 6) is -1.38. The zero-order valence-corrected chi connectivity index (χ0v) is 9.66. The summed E-state index contributed by atoms with van der Waals surface area (Å²) in [5.41, 5.74) is 1.46. The topological polar surface area (TPSA) is 37.3 Å². The Bertz CT molecular complexity index is 374. The first kappa shape index (κ1) is 12.7. The molecule has 0 aliphatic carbocycles. The highest BCUT2D eigenvalue weighted by molar-refractivity contribution is 5.70. The molecule has 0 saturated heterocycles. The lowest BCUT2D eigenvalue weighted by molar-refractivity contribution is -0.141. The maximum atomic E-state index is 13.0. The third-order valence-corrected chi connectivity index (χ3v) is 2.69. The molecule has 1 atom stereocenters. The van der Waals surface area contributed by atoms with Crippen molar-refractivity contribution in [2.45, 2.75) is 33.1 Å². The third-order valence-electron chi connectivity index (χ3n) is 2.69. The van der Waals surface area contributed by atoms with Gasteiger partial charge in [0.05, 0.1) is 5.92 Å². The molecule has 3 heteroatoms. The molecule has 0 bridgehead atoms. The van der Waals surface area contributed by atoms with Crippen LogP contribution >= 0.6 is 0 Å². The van der Waals surface area contributed by atoms with Crippen LogP contribution in [-0.2, 0) is 11.2 Å². The lowest BCUT2D eigenvalue weighted by atomic mass is 9.94. The second-order valence-corrected chi connectivity index (χ2v) is 4.11. The van der Waals surface area contributed by atoms with Crippen LogP contribution in [0.15, 0.2) is 18.2 Å². The summed E-state index contributed by atoms with van der Waals surface area (Å²) >= 11 is 0. The van der Waals surface area contributed by atoms with E-state index in [4.69, 9.17) is 5.11 Å². The van der Waals surface area contributed by atoms with Crippen molar-refractivity contribution in [3.8, 4) is 0 Å². The molecule has 0 saturated carbocycles. The molecule has 0 spiro atoms. The average Bonchev–Trinajstić information content (AvgIpc) is 2.22. The molecular formula is C13H17FO2. The highest BCUT2D eigenvalue weighted by atomic mass is 19.1. The summed E-state index contributed by atoms with van der Waals surface area (Å²) in [7, 11) is 0. The summed E-state index contributed by atoms with van der Waals surface area (Å²) in [5, 5.41) is 9.02. The van der Waals surface area contributed by atoms with Crippen LogP contribution in [0.4, 0.5) is 4.39 Å². The minimum absolute atomic E-state index is 0.244. The number of carboxylic acid groups (broad SMARTS) is 1. The van der Waals surface area contributed by atoms with E-state index in [1.54, 1.807) is 19.1 Å². The van der Waals surface area contributed by atoms with Gasteiger partial charge in [0.2, 0.25) is 0 Å². The van der Waals surface area contributed by atoms with E-state index in [-0.39, 0.29) is 11.7 Å². The summed E-state index contributed by atoms with van der Waals surface area (Å²) < 4.78 is 13.0. The SMILES string of the molecule is CCCC(Cc1ccc(F)c(C)c1)C(=O)O. The van der Waals surface area contributed by atoms with Crippen molar-refractivity contribution in [3.63, 3.8) is 0 Å². The van der Waals surface area contributed by atoms with Crippen LogP contribution in [0, 0.1) is 18.7 Å². The molecule has 0 aliphatic heterocycles. The van der Waals surface area contributed by atoms with E-state index in [0.29, 0.717) is 18.4 Å². The first-order valence-corrected chi connectivity index (χ1v) is 5.52. The van der Waals surface area contributed by atoms with E-state index in [2.05, 4.69) is 0 Å². The van der Waals surface area contributed by atoms with Gasteiger partial charge < -0.3 is 5.11 Å². The lowest BCUT2D eigenvalue weighted by Gasteiger charge is -2.11. The molecule has 0 aliphatic rings. The molecule has 1 rings (SSSR count). The van der Waals surface area contributed by atoms with Crippen LogP contribution in [0.25, 0.3) is 0 Å². The van der Waals surface area contributed by atoms with E-state index in [9.17, 15) is 9.18 Å². The van der Waals surface area contributed by atoms with Crippen LogP contribution in [-0.4, -0.2) is 11.1 Å². The van der Waals surface area contributed by atoms with E-state index in [0.717, 1.165) is 12.0 Å². The smallest absolute Gasteiger partial charge is 0.306 e. The van der Waals surface area contributed by atoms with Crippen molar-refractivity contribution in [1.29, 1.82) is 0 Å². The van der Waals surface area contributed by atoms with Crippen molar-refractivity contribution in [3.05, 3.63) is 35.1 Å². The summed E-state index contributed by atoms with van der Waals surface area (Å²) in [6.07, 6.45) is 1.98. The van der Waals surface area contributed by atoms with Gasteiger partial charge in [-0.15, -0.1) is 0 Å². The van der Waals surface area contributed by atoms with Crippen molar-refractivity contribution in [1.82, 2.24) is 0 Å². The fourth-order valence-corrected chi connectivity index (χ4v) is 1.78. The fraction of sp³-hybridized carbons (Fsp3) is 0.462. The first-order valence-electron chi connectivity index (χ1n) is 5.52. The molecule has 16 heavy (non-hydrogen) atoms. The zero-order valence-electron chi connectivity index (χ0n) is 9.66. The number of hydrogen-bond donors (Lipinski definition) is 1. The molecule has 1 unspecified atom stereocenters. The highest BCUT2D eigenvalue weighted by Crippen LogP contribution is 2.17. The normalized spacial score (nSPS) is 12.4. The standard InChI is InChI=1S/C13H17FO2/c1-3-4-11(13(15)16)8-10-5-6-12(14)9(2)7-10/h5-7,11H,3-4,8H2,1-2H3,(H,15,16). The van der Waals surface area contributed by atoms with Gasteiger partial charge in [-0.3, -0.25) is 4.79 Å². The van der Waals surface area contributed by atoms with Gasteiger partial charge in [-0.1, -0.05) is 25.5 Å². The number of carbonyl (C=O) groups is 1. The Labute approximate surface area is 95.1 Å². The van der Waals surface area contributed by atoms with Crippen LogP contribution in [0.2, 0.25) is 0 Å². The molecule has 0 fully saturated rings. The van der Waals surface area contributed by atoms with Gasteiger partial charge in [0, 0.05) is 0 Å². The van der Waals surface area contributed by atoms with Gasteiger partial charge in [0.1, 0.15) is 5.82 Å². The predicted octanol–water partition coefficient (Wildman–Crippen LogP) is 3.18. The van der Waals surface area contributed by atoms with Gasteiger partial charge >= 0.3 is 5.97 Å². The average molecular weight is 224 g/mol. The van der Waals surface area contributed by atoms with E-state index in [1.165, 1.54) is 6.07 Å². The van der Waals surface area contributed by atoms with E-state index < -0.39 is 5.97 Å². The Morgan fingerprint density at radius 2 is 2.19 bits per heavy atom. The van der Waals surface area contributed by atoms with Gasteiger partial charge in [-0.25, -0.2) is 4.39 Å². The van der Waals surface area contributed by atoms with Crippen molar-refractivity contribution in [2.24, 2.45) is 5.92 Å². The van der Waals surface area contributed by atoms with Gasteiger partial charge in [0.25, 0.3) is 0 Å². The number of aliphatic carboxylic acids is 1. The van der Waals surface area contributed by atoms with Crippen LogP contribution in [0.5, 0.6) is 0 Å². The number of benzene rings is 1. The Morgan fingerprint density at radius 1 is 1.50 bits per heavy atom. The second kappa shape index (κ2) is 5.64. The molecule has 1 N–H and O–H groups in total. The van der Waals surface area contributed by atoms with Gasteiger partial charge in [0.15, 0.2) is 0 Å². The van der Waals surface area contributed by atoms with Crippen LogP contribution < -0.4 is 0 Å². The molecule has 0 aromatic heterocycles.